The number of halogens is 1. The molecule has 2 aromatic carbocycles. The molecular formula is C20H21ClN2O3. The van der Waals surface area contributed by atoms with E-state index in [-0.39, 0.29) is 17.7 Å². The lowest BCUT2D eigenvalue weighted by molar-refractivity contribution is -0.117. The summed E-state index contributed by atoms with van der Waals surface area (Å²) in [5.74, 6) is 0.645. The standard InChI is InChI=1S/C20H21ClN2O3/c1-11-9-15(11)20(25)23-17-10-13(4-7-18(17)26-3)19(24)22-14-5-6-16(21)12(2)8-14/h4-8,10-11,15H,9H2,1-3H3,(H,22,24)(H,23,25). The number of nitrogens with one attached hydrogen (secondary N) is 2. The Balaban J connectivity index is 1.78. The number of anilines is 2. The van der Waals surface area contributed by atoms with Crippen LogP contribution in [0.3, 0.4) is 0 Å². The molecule has 0 aromatic heterocycles. The van der Waals surface area contributed by atoms with E-state index >= 15 is 0 Å². The number of carbonyl (C=O) groups is 2. The molecule has 0 bridgehead atoms. The first-order valence-corrected chi connectivity index (χ1v) is 8.83. The predicted molar refractivity (Wildman–Crippen MR) is 103 cm³/mol. The number of hydrogen-bond acceptors (Lipinski definition) is 3. The molecule has 0 radical (unpaired) electrons. The second kappa shape index (κ2) is 7.38. The van der Waals surface area contributed by atoms with E-state index in [1.165, 1.54) is 7.11 Å². The molecule has 2 N–H and O–H groups in total. The zero-order chi connectivity index (χ0) is 18.8. The molecule has 1 aliphatic rings. The van der Waals surface area contributed by atoms with E-state index in [0.717, 1.165) is 12.0 Å². The number of carbonyl (C=O) groups excluding carboxylic acids is 2. The van der Waals surface area contributed by atoms with Gasteiger partial charge < -0.3 is 15.4 Å². The van der Waals surface area contributed by atoms with E-state index < -0.39 is 0 Å². The van der Waals surface area contributed by atoms with Crippen molar-refractivity contribution in [3.63, 3.8) is 0 Å². The first-order chi connectivity index (χ1) is 12.4. The molecule has 3 rings (SSSR count). The van der Waals surface area contributed by atoms with Gasteiger partial charge in [0.25, 0.3) is 5.91 Å². The topological polar surface area (TPSA) is 67.4 Å². The maximum Gasteiger partial charge on any atom is 0.255 e. The Morgan fingerprint density at radius 2 is 1.88 bits per heavy atom. The molecule has 0 aliphatic heterocycles. The molecule has 2 atom stereocenters. The molecule has 5 nitrogen and oxygen atoms in total. The molecular weight excluding hydrogens is 352 g/mol. The fourth-order valence-electron chi connectivity index (χ4n) is 2.79. The van der Waals surface area contributed by atoms with Gasteiger partial charge in [-0.15, -0.1) is 0 Å². The van der Waals surface area contributed by atoms with Gasteiger partial charge in [-0.2, -0.15) is 0 Å². The average molecular weight is 373 g/mol. The van der Waals surface area contributed by atoms with E-state index in [1.807, 2.05) is 13.8 Å². The quantitative estimate of drug-likeness (QED) is 0.811. The molecule has 1 fully saturated rings. The van der Waals surface area contributed by atoms with Crippen molar-refractivity contribution in [2.24, 2.45) is 11.8 Å². The first-order valence-electron chi connectivity index (χ1n) is 8.45. The molecule has 0 saturated heterocycles. The second-order valence-electron chi connectivity index (χ2n) is 6.64. The number of amides is 2. The number of hydrogen-bond donors (Lipinski definition) is 2. The number of rotatable bonds is 5. The summed E-state index contributed by atoms with van der Waals surface area (Å²) in [5, 5.41) is 6.35. The van der Waals surface area contributed by atoms with Crippen LogP contribution in [0.4, 0.5) is 11.4 Å². The lowest BCUT2D eigenvalue weighted by atomic mass is 10.1. The number of benzene rings is 2. The maximum absolute atomic E-state index is 12.5. The van der Waals surface area contributed by atoms with Crippen molar-refractivity contribution in [3.05, 3.63) is 52.5 Å². The summed E-state index contributed by atoms with van der Waals surface area (Å²) in [6, 6.07) is 10.3. The molecule has 2 aromatic rings. The number of aryl methyl sites for hydroxylation is 1. The molecule has 1 aliphatic carbocycles. The van der Waals surface area contributed by atoms with E-state index in [1.54, 1.807) is 36.4 Å². The smallest absolute Gasteiger partial charge is 0.255 e. The van der Waals surface area contributed by atoms with Crippen LogP contribution >= 0.6 is 11.6 Å². The number of ether oxygens (including phenoxy) is 1. The first kappa shape index (κ1) is 18.3. The third-order valence-electron chi connectivity index (χ3n) is 4.58. The van der Waals surface area contributed by atoms with Crippen LogP contribution in [0.25, 0.3) is 0 Å². The van der Waals surface area contributed by atoms with Crippen LogP contribution in [0.2, 0.25) is 5.02 Å². The minimum absolute atomic E-state index is 0.0363. The summed E-state index contributed by atoms with van der Waals surface area (Å²) in [6.07, 6.45) is 0.893. The Kier molecular flexibility index (Phi) is 5.18. The molecule has 0 heterocycles. The normalized spacial score (nSPS) is 18.2. The minimum atomic E-state index is -0.273. The third kappa shape index (κ3) is 3.99. The van der Waals surface area contributed by atoms with Crippen molar-refractivity contribution in [1.29, 1.82) is 0 Å². The summed E-state index contributed by atoms with van der Waals surface area (Å²) in [6.45, 7) is 3.91. The van der Waals surface area contributed by atoms with Crippen LogP contribution in [0.15, 0.2) is 36.4 Å². The minimum Gasteiger partial charge on any atom is -0.495 e. The zero-order valence-corrected chi connectivity index (χ0v) is 15.7. The highest BCUT2D eigenvalue weighted by Crippen LogP contribution is 2.39. The van der Waals surface area contributed by atoms with Crippen molar-refractivity contribution < 1.29 is 14.3 Å². The fraction of sp³-hybridized carbons (Fsp3) is 0.300. The van der Waals surface area contributed by atoms with Crippen LogP contribution in [-0.4, -0.2) is 18.9 Å². The van der Waals surface area contributed by atoms with Crippen LogP contribution in [0.1, 0.15) is 29.3 Å². The van der Waals surface area contributed by atoms with Crippen molar-refractivity contribution in [2.75, 3.05) is 17.7 Å². The lowest BCUT2D eigenvalue weighted by Gasteiger charge is -2.12. The van der Waals surface area contributed by atoms with Gasteiger partial charge in [0.15, 0.2) is 0 Å². The van der Waals surface area contributed by atoms with E-state index in [0.29, 0.717) is 33.6 Å². The number of methoxy groups -OCH3 is 1. The lowest BCUT2D eigenvalue weighted by Crippen LogP contribution is -2.17. The summed E-state index contributed by atoms with van der Waals surface area (Å²) >= 11 is 6.01. The summed E-state index contributed by atoms with van der Waals surface area (Å²) in [5.41, 5.74) is 2.46. The third-order valence-corrected chi connectivity index (χ3v) is 5.01. The Labute approximate surface area is 157 Å². The van der Waals surface area contributed by atoms with Gasteiger partial charge in [0, 0.05) is 22.2 Å². The fourth-order valence-corrected chi connectivity index (χ4v) is 2.90. The monoisotopic (exact) mass is 372 g/mol. The van der Waals surface area contributed by atoms with Gasteiger partial charge in [-0.05, 0) is 61.2 Å². The molecule has 2 amide bonds. The van der Waals surface area contributed by atoms with Crippen LogP contribution in [0, 0.1) is 18.8 Å². The molecule has 26 heavy (non-hydrogen) atoms. The van der Waals surface area contributed by atoms with Crippen LogP contribution in [0.5, 0.6) is 5.75 Å². The SMILES string of the molecule is COc1ccc(C(=O)Nc2ccc(Cl)c(C)c2)cc1NC(=O)C1CC1C. The van der Waals surface area contributed by atoms with E-state index in [2.05, 4.69) is 10.6 Å². The molecule has 136 valence electrons. The summed E-state index contributed by atoms with van der Waals surface area (Å²) in [4.78, 5) is 24.8. The highest BCUT2D eigenvalue weighted by Gasteiger charge is 2.39. The second-order valence-corrected chi connectivity index (χ2v) is 7.05. The van der Waals surface area contributed by atoms with Crippen molar-refractivity contribution in [3.8, 4) is 5.75 Å². The summed E-state index contributed by atoms with van der Waals surface area (Å²) < 4.78 is 5.29. The van der Waals surface area contributed by atoms with Crippen molar-refractivity contribution in [2.45, 2.75) is 20.3 Å². The van der Waals surface area contributed by atoms with Gasteiger partial charge in [-0.25, -0.2) is 0 Å². The van der Waals surface area contributed by atoms with Crippen LogP contribution in [-0.2, 0) is 4.79 Å². The molecule has 0 spiro atoms. The maximum atomic E-state index is 12.5. The molecule has 6 heteroatoms. The predicted octanol–water partition coefficient (Wildman–Crippen LogP) is 4.50. The van der Waals surface area contributed by atoms with Gasteiger partial charge in [-0.3, -0.25) is 9.59 Å². The van der Waals surface area contributed by atoms with Gasteiger partial charge in [0.1, 0.15) is 5.75 Å². The summed E-state index contributed by atoms with van der Waals surface area (Å²) in [7, 11) is 1.53. The Bertz CT molecular complexity index is 866. The van der Waals surface area contributed by atoms with Gasteiger partial charge >= 0.3 is 0 Å². The Morgan fingerprint density at radius 3 is 2.50 bits per heavy atom. The van der Waals surface area contributed by atoms with Gasteiger partial charge in [0.05, 0.1) is 12.8 Å². The molecule has 1 saturated carbocycles. The van der Waals surface area contributed by atoms with E-state index in [4.69, 9.17) is 16.3 Å². The Hall–Kier alpha value is -2.53. The van der Waals surface area contributed by atoms with Crippen LogP contribution < -0.4 is 15.4 Å². The Morgan fingerprint density at radius 1 is 1.15 bits per heavy atom. The van der Waals surface area contributed by atoms with Crippen molar-refractivity contribution in [1.82, 2.24) is 0 Å². The van der Waals surface area contributed by atoms with Gasteiger partial charge in [-0.1, -0.05) is 18.5 Å². The largest absolute Gasteiger partial charge is 0.495 e. The highest BCUT2D eigenvalue weighted by molar-refractivity contribution is 6.31. The average Bonchev–Trinajstić information content (AvgIpc) is 3.35. The van der Waals surface area contributed by atoms with Gasteiger partial charge in [0.2, 0.25) is 5.91 Å². The highest BCUT2D eigenvalue weighted by atomic mass is 35.5. The van der Waals surface area contributed by atoms with E-state index in [9.17, 15) is 9.59 Å². The van der Waals surface area contributed by atoms with Crippen molar-refractivity contribution >= 4 is 34.8 Å². The molecule has 2 unspecified atom stereocenters. The zero-order valence-electron chi connectivity index (χ0n) is 14.9.